The van der Waals surface area contributed by atoms with Gasteiger partial charge in [0.1, 0.15) is 6.04 Å². The zero-order valence-electron chi connectivity index (χ0n) is 9.32. The molecule has 2 rings (SSSR count). The molecule has 2 aliphatic rings. The Balaban J connectivity index is 2.05. The number of hydrogen-bond donors (Lipinski definition) is 2. The number of nitrogens with zero attached hydrogens (tertiary/aromatic N) is 1. The molecule has 2 unspecified atom stereocenters. The standard InChI is InChI=1S/C11H18N2O2S/c14-10-5-8(7-16)6-13(10)9-3-1-2-4-12-11(9)15/h8-9,16H,1-7H2,(H,12,15). The number of carbonyl (C=O) groups excluding carboxylic acids is 2. The van der Waals surface area contributed by atoms with Gasteiger partial charge in [-0.15, -0.1) is 0 Å². The predicted molar refractivity (Wildman–Crippen MR) is 64.3 cm³/mol. The van der Waals surface area contributed by atoms with Crippen molar-refractivity contribution in [3.8, 4) is 0 Å². The maximum atomic E-state index is 11.8. The highest BCUT2D eigenvalue weighted by atomic mass is 32.1. The van der Waals surface area contributed by atoms with Crippen molar-refractivity contribution < 1.29 is 9.59 Å². The van der Waals surface area contributed by atoms with Crippen LogP contribution >= 0.6 is 12.6 Å². The first-order valence-electron chi connectivity index (χ1n) is 5.90. The zero-order valence-corrected chi connectivity index (χ0v) is 10.2. The molecular formula is C11H18N2O2S. The molecule has 90 valence electrons. The lowest BCUT2D eigenvalue weighted by molar-refractivity contribution is -0.137. The van der Waals surface area contributed by atoms with Crippen molar-refractivity contribution in [1.29, 1.82) is 0 Å². The average molecular weight is 242 g/mol. The summed E-state index contributed by atoms with van der Waals surface area (Å²) in [5, 5.41) is 2.87. The summed E-state index contributed by atoms with van der Waals surface area (Å²) in [6, 6.07) is -0.236. The number of likely N-dealkylation sites (tertiary alicyclic amines) is 1. The molecule has 2 amide bonds. The van der Waals surface area contributed by atoms with Gasteiger partial charge in [-0.05, 0) is 30.9 Å². The molecule has 0 aliphatic carbocycles. The van der Waals surface area contributed by atoms with E-state index in [4.69, 9.17) is 0 Å². The minimum atomic E-state index is -0.236. The summed E-state index contributed by atoms with van der Waals surface area (Å²) >= 11 is 4.23. The third-order valence-electron chi connectivity index (χ3n) is 3.38. The van der Waals surface area contributed by atoms with Crippen LogP contribution in [-0.2, 0) is 9.59 Å². The Morgan fingerprint density at radius 1 is 1.38 bits per heavy atom. The molecule has 2 saturated heterocycles. The Labute approximate surface area is 101 Å². The molecule has 0 radical (unpaired) electrons. The van der Waals surface area contributed by atoms with E-state index in [1.165, 1.54) is 0 Å². The van der Waals surface area contributed by atoms with E-state index in [-0.39, 0.29) is 17.9 Å². The summed E-state index contributed by atoms with van der Waals surface area (Å²) in [6.45, 7) is 1.44. The monoisotopic (exact) mass is 242 g/mol. The summed E-state index contributed by atoms with van der Waals surface area (Å²) in [5.41, 5.74) is 0. The molecule has 0 aromatic heterocycles. The van der Waals surface area contributed by atoms with Gasteiger partial charge in [0.25, 0.3) is 0 Å². The topological polar surface area (TPSA) is 49.4 Å². The van der Waals surface area contributed by atoms with E-state index in [1.807, 2.05) is 0 Å². The van der Waals surface area contributed by atoms with Crippen molar-refractivity contribution >= 4 is 24.4 Å². The van der Waals surface area contributed by atoms with Gasteiger partial charge in [-0.25, -0.2) is 0 Å². The fourth-order valence-corrected chi connectivity index (χ4v) is 2.70. The third kappa shape index (κ3) is 2.34. The highest BCUT2D eigenvalue weighted by Gasteiger charge is 2.37. The van der Waals surface area contributed by atoms with Crippen molar-refractivity contribution in [3.63, 3.8) is 0 Å². The van der Waals surface area contributed by atoms with E-state index >= 15 is 0 Å². The normalized spacial score (nSPS) is 31.4. The Bertz CT molecular complexity index is 296. The van der Waals surface area contributed by atoms with Crippen molar-refractivity contribution in [1.82, 2.24) is 10.2 Å². The lowest BCUT2D eigenvalue weighted by atomic mass is 10.1. The Morgan fingerprint density at radius 3 is 2.88 bits per heavy atom. The van der Waals surface area contributed by atoms with E-state index in [9.17, 15) is 9.59 Å². The van der Waals surface area contributed by atoms with E-state index in [2.05, 4.69) is 17.9 Å². The molecule has 0 spiro atoms. The van der Waals surface area contributed by atoms with Crippen LogP contribution in [0.4, 0.5) is 0 Å². The largest absolute Gasteiger partial charge is 0.354 e. The molecule has 16 heavy (non-hydrogen) atoms. The fraction of sp³-hybridized carbons (Fsp3) is 0.818. The lowest BCUT2D eigenvalue weighted by Gasteiger charge is -2.25. The quantitative estimate of drug-likeness (QED) is 0.690. The highest BCUT2D eigenvalue weighted by Crippen LogP contribution is 2.24. The van der Waals surface area contributed by atoms with Crippen molar-refractivity contribution in [2.75, 3.05) is 18.8 Å². The average Bonchev–Trinajstić information content (AvgIpc) is 2.51. The first-order chi connectivity index (χ1) is 7.72. The van der Waals surface area contributed by atoms with Gasteiger partial charge in [-0.2, -0.15) is 12.6 Å². The van der Waals surface area contributed by atoms with Gasteiger partial charge in [-0.3, -0.25) is 9.59 Å². The molecular weight excluding hydrogens is 224 g/mol. The van der Waals surface area contributed by atoms with Crippen LogP contribution in [0.5, 0.6) is 0 Å². The van der Waals surface area contributed by atoms with E-state index in [1.54, 1.807) is 4.90 Å². The third-order valence-corrected chi connectivity index (χ3v) is 3.90. The minimum absolute atomic E-state index is 0.0191. The molecule has 2 fully saturated rings. The molecule has 0 aromatic rings. The van der Waals surface area contributed by atoms with Gasteiger partial charge >= 0.3 is 0 Å². The summed E-state index contributed by atoms with van der Waals surface area (Å²) in [4.78, 5) is 25.4. The van der Waals surface area contributed by atoms with Gasteiger partial charge in [-0.1, -0.05) is 0 Å². The van der Waals surface area contributed by atoms with E-state index in [0.717, 1.165) is 31.6 Å². The van der Waals surface area contributed by atoms with Crippen LogP contribution in [0.25, 0.3) is 0 Å². The molecule has 2 heterocycles. The highest BCUT2D eigenvalue weighted by molar-refractivity contribution is 7.80. The molecule has 2 atom stereocenters. The second-order valence-electron chi connectivity index (χ2n) is 4.60. The van der Waals surface area contributed by atoms with Crippen molar-refractivity contribution in [3.05, 3.63) is 0 Å². The van der Waals surface area contributed by atoms with Gasteiger partial charge in [0.15, 0.2) is 0 Å². The van der Waals surface area contributed by atoms with Gasteiger partial charge in [0.05, 0.1) is 0 Å². The van der Waals surface area contributed by atoms with Gasteiger partial charge in [0.2, 0.25) is 11.8 Å². The number of rotatable bonds is 2. The number of carbonyl (C=O) groups is 2. The zero-order chi connectivity index (χ0) is 11.5. The molecule has 0 saturated carbocycles. The lowest BCUT2D eigenvalue weighted by Crippen LogP contribution is -2.46. The molecule has 0 bridgehead atoms. The van der Waals surface area contributed by atoms with Crippen LogP contribution in [0, 0.1) is 5.92 Å². The summed E-state index contributed by atoms with van der Waals surface area (Å²) in [5.74, 6) is 1.16. The van der Waals surface area contributed by atoms with Gasteiger partial charge < -0.3 is 10.2 Å². The van der Waals surface area contributed by atoms with E-state index < -0.39 is 0 Å². The summed E-state index contributed by atoms with van der Waals surface area (Å²) in [6.07, 6.45) is 3.38. The van der Waals surface area contributed by atoms with Crippen LogP contribution in [0.1, 0.15) is 25.7 Å². The van der Waals surface area contributed by atoms with Crippen molar-refractivity contribution in [2.24, 2.45) is 5.92 Å². The number of amides is 2. The van der Waals surface area contributed by atoms with Crippen LogP contribution in [0.2, 0.25) is 0 Å². The van der Waals surface area contributed by atoms with Gasteiger partial charge in [0, 0.05) is 19.5 Å². The minimum Gasteiger partial charge on any atom is -0.354 e. The first kappa shape index (κ1) is 11.8. The molecule has 1 N–H and O–H groups in total. The maximum Gasteiger partial charge on any atom is 0.242 e. The second-order valence-corrected chi connectivity index (χ2v) is 4.97. The second kappa shape index (κ2) is 5.08. The molecule has 5 heteroatoms. The molecule has 0 aromatic carbocycles. The first-order valence-corrected chi connectivity index (χ1v) is 6.53. The Morgan fingerprint density at radius 2 is 2.19 bits per heavy atom. The number of hydrogen-bond acceptors (Lipinski definition) is 3. The Hall–Kier alpha value is -0.710. The summed E-state index contributed by atoms with van der Waals surface area (Å²) < 4.78 is 0. The SMILES string of the molecule is O=C1NCCCCC1N1CC(CS)CC1=O. The number of thiol groups is 1. The smallest absolute Gasteiger partial charge is 0.242 e. The summed E-state index contributed by atoms with van der Waals surface area (Å²) in [7, 11) is 0. The molecule has 2 aliphatic heterocycles. The fourth-order valence-electron chi connectivity index (χ4n) is 2.45. The van der Waals surface area contributed by atoms with E-state index in [0.29, 0.717) is 18.9 Å². The van der Waals surface area contributed by atoms with Crippen LogP contribution < -0.4 is 5.32 Å². The number of nitrogens with one attached hydrogen (secondary N) is 1. The Kier molecular flexibility index (Phi) is 3.74. The predicted octanol–water partition coefficient (Wildman–Crippen LogP) is 0.433. The van der Waals surface area contributed by atoms with Crippen LogP contribution in [0.15, 0.2) is 0 Å². The van der Waals surface area contributed by atoms with Crippen molar-refractivity contribution in [2.45, 2.75) is 31.7 Å². The molecule has 4 nitrogen and oxygen atoms in total. The maximum absolute atomic E-state index is 11.8. The van der Waals surface area contributed by atoms with Crippen LogP contribution in [-0.4, -0.2) is 41.6 Å². The van der Waals surface area contributed by atoms with Crippen LogP contribution in [0.3, 0.4) is 0 Å².